The third kappa shape index (κ3) is 2.66. The van der Waals surface area contributed by atoms with Crippen LogP contribution in [0, 0.1) is 5.92 Å². The molecule has 3 atom stereocenters. The number of amides is 1. The van der Waals surface area contributed by atoms with Gasteiger partial charge in [0.2, 0.25) is 5.91 Å². The number of rotatable bonds is 3. The zero-order chi connectivity index (χ0) is 13.9. The number of hydrogen-bond acceptors (Lipinski definition) is 3. The molecule has 1 aliphatic heterocycles. The van der Waals surface area contributed by atoms with Gasteiger partial charge >= 0.3 is 0 Å². The predicted molar refractivity (Wildman–Crippen MR) is 77.6 cm³/mol. The average Bonchev–Trinajstić information content (AvgIpc) is 2.90. The Bertz CT molecular complexity index is 489. The Labute approximate surface area is 119 Å². The van der Waals surface area contributed by atoms with Crippen LogP contribution in [0.25, 0.3) is 0 Å². The van der Waals surface area contributed by atoms with Crippen molar-refractivity contribution in [3.8, 4) is 5.75 Å². The Hall–Kier alpha value is -1.55. The number of nitrogens with two attached hydrogens (primary N) is 1. The van der Waals surface area contributed by atoms with Gasteiger partial charge in [-0.2, -0.15) is 0 Å². The van der Waals surface area contributed by atoms with Crippen LogP contribution in [-0.2, 0) is 4.79 Å². The van der Waals surface area contributed by atoms with Crippen LogP contribution >= 0.6 is 0 Å². The summed E-state index contributed by atoms with van der Waals surface area (Å²) in [6.45, 7) is 1.14. The molecule has 0 aromatic heterocycles. The van der Waals surface area contributed by atoms with Crippen LogP contribution in [-0.4, -0.2) is 25.1 Å². The second kappa shape index (κ2) is 5.83. The highest BCUT2D eigenvalue weighted by Gasteiger charge is 2.31. The maximum atomic E-state index is 12.3. The standard InChI is InChI=1S/C16H22N2O2/c17-14-7-3-1-5-11(14)9-18-16(19)13-10-20-15-8-4-2-6-12(13)15/h2,4,6,8,11,13-14H,1,3,5,7,9-10,17H2,(H,18,19). The van der Waals surface area contributed by atoms with Crippen molar-refractivity contribution in [1.29, 1.82) is 0 Å². The van der Waals surface area contributed by atoms with E-state index < -0.39 is 0 Å². The minimum atomic E-state index is -0.175. The van der Waals surface area contributed by atoms with E-state index in [1.54, 1.807) is 0 Å². The van der Waals surface area contributed by atoms with Crippen molar-refractivity contribution in [2.24, 2.45) is 11.7 Å². The molecule has 2 aliphatic rings. The van der Waals surface area contributed by atoms with Crippen LogP contribution in [0.2, 0.25) is 0 Å². The number of hydrogen-bond donors (Lipinski definition) is 2. The molecule has 1 aromatic rings. The molecule has 1 aliphatic carbocycles. The van der Waals surface area contributed by atoms with Crippen LogP contribution in [0.3, 0.4) is 0 Å². The van der Waals surface area contributed by atoms with Gasteiger partial charge in [-0.3, -0.25) is 4.79 Å². The maximum Gasteiger partial charge on any atom is 0.231 e. The number of nitrogens with one attached hydrogen (secondary N) is 1. The highest BCUT2D eigenvalue weighted by atomic mass is 16.5. The van der Waals surface area contributed by atoms with Crippen LogP contribution in [0.15, 0.2) is 24.3 Å². The van der Waals surface area contributed by atoms with E-state index in [-0.39, 0.29) is 17.9 Å². The molecule has 1 heterocycles. The molecule has 4 heteroatoms. The first-order chi connectivity index (χ1) is 9.75. The molecular weight excluding hydrogens is 252 g/mol. The SMILES string of the molecule is NC1CCCCC1CNC(=O)C1COc2ccccc21. The Morgan fingerprint density at radius 1 is 1.30 bits per heavy atom. The summed E-state index contributed by atoms with van der Waals surface area (Å²) in [5.41, 5.74) is 7.12. The lowest BCUT2D eigenvalue weighted by molar-refractivity contribution is -0.123. The molecule has 1 aromatic carbocycles. The van der Waals surface area contributed by atoms with E-state index in [1.165, 1.54) is 12.8 Å². The average molecular weight is 274 g/mol. The van der Waals surface area contributed by atoms with Crippen LogP contribution in [0.5, 0.6) is 5.75 Å². The van der Waals surface area contributed by atoms with Gasteiger partial charge in [-0.1, -0.05) is 31.0 Å². The zero-order valence-electron chi connectivity index (χ0n) is 11.7. The first-order valence-corrected chi connectivity index (χ1v) is 7.50. The number of fused-ring (bicyclic) bond motifs is 1. The monoisotopic (exact) mass is 274 g/mol. The molecule has 4 nitrogen and oxygen atoms in total. The summed E-state index contributed by atoms with van der Waals surface area (Å²) in [4.78, 5) is 12.3. The Morgan fingerprint density at radius 3 is 2.95 bits per heavy atom. The first-order valence-electron chi connectivity index (χ1n) is 7.50. The molecule has 3 unspecified atom stereocenters. The number of carbonyl (C=O) groups is 1. The highest BCUT2D eigenvalue weighted by molar-refractivity contribution is 5.85. The summed E-state index contributed by atoms with van der Waals surface area (Å²) < 4.78 is 5.56. The minimum Gasteiger partial charge on any atom is -0.492 e. The van der Waals surface area contributed by atoms with Gasteiger partial charge in [0.05, 0.1) is 0 Å². The van der Waals surface area contributed by atoms with E-state index in [0.29, 0.717) is 19.1 Å². The number of carbonyl (C=O) groups excluding carboxylic acids is 1. The van der Waals surface area contributed by atoms with Gasteiger partial charge in [0.15, 0.2) is 0 Å². The van der Waals surface area contributed by atoms with Crippen molar-refractivity contribution in [2.45, 2.75) is 37.6 Å². The van der Waals surface area contributed by atoms with E-state index in [1.807, 2.05) is 24.3 Å². The molecule has 0 bridgehead atoms. The molecule has 0 spiro atoms. The second-order valence-corrected chi connectivity index (χ2v) is 5.85. The van der Waals surface area contributed by atoms with Gasteiger partial charge in [0, 0.05) is 18.2 Å². The van der Waals surface area contributed by atoms with Gasteiger partial charge in [0.1, 0.15) is 18.3 Å². The van der Waals surface area contributed by atoms with Crippen molar-refractivity contribution < 1.29 is 9.53 Å². The second-order valence-electron chi connectivity index (χ2n) is 5.85. The summed E-state index contributed by atoms with van der Waals surface area (Å²) in [5, 5.41) is 3.07. The van der Waals surface area contributed by atoms with E-state index >= 15 is 0 Å². The van der Waals surface area contributed by atoms with Gasteiger partial charge in [-0.25, -0.2) is 0 Å². The fourth-order valence-electron chi connectivity index (χ4n) is 3.22. The van der Waals surface area contributed by atoms with Crippen molar-refractivity contribution in [2.75, 3.05) is 13.2 Å². The third-order valence-corrected chi connectivity index (χ3v) is 4.52. The fraction of sp³-hybridized carbons (Fsp3) is 0.562. The quantitative estimate of drug-likeness (QED) is 0.883. The number of para-hydroxylation sites is 1. The smallest absolute Gasteiger partial charge is 0.231 e. The van der Waals surface area contributed by atoms with E-state index in [0.717, 1.165) is 24.2 Å². The lowest BCUT2D eigenvalue weighted by Gasteiger charge is -2.28. The number of benzene rings is 1. The Morgan fingerprint density at radius 2 is 2.10 bits per heavy atom. The van der Waals surface area contributed by atoms with E-state index in [4.69, 9.17) is 10.5 Å². The summed E-state index contributed by atoms with van der Waals surface area (Å²) in [7, 11) is 0. The van der Waals surface area contributed by atoms with Crippen molar-refractivity contribution in [3.63, 3.8) is 0 Å². The fourth-order valence-corrected chi connectivity index (χ4v) is 3.22. The summed E-state index contributed by atoms with van der Waals surface area (Å²) in [6.07, 6.45) is 4.65. The van der Waals surface area contributed by atoms with Crippen LogP contribution in [0.1, 0.15) is 37.2 Å². The molecule has 20 heavy (non-hydrogen) atoms. The lowest BCUT2D eigenvalue weighted by atomic mass is 9.85. The maximum absolute atomic E-state index is 12.3. The van der Waals surface area contributed by atoms with Crippen molar-refractivity contribution in [3.05, 3.63) is 29.8 Å². The van der Waals surface area contributed by atoms with Crippen molar-refractivity contribution in [1.82, 2.24) is 5.32 Å². The molecule has 3 rings (SSSR count). The zero-order valence-corrected chi connectivity index (χ0v) is 11.7. The molecule has 108 valence electrons. The van der Waals surface area contributed by atoms with Gasteiger partial charge in [-0.05, 0) is 24.8 Å². The molecule has 0 saturated heterocycles. The Balaban J connectivity index is 1.58. The van der Waals surface area contributed by atoms with Crippen molar-refractivity contribution >= 4 is 5.91 Å². The normalized spacial score (nSPS) is 28.6. The van der Waals surface area contributed by atoms with E-state index in [2.05, 4.69) is 5.32 Å². The first kappa shape index (κ1) is 13.4. The van der Waals surface area contributed by atoms with Gasteiger partial charge in [-0.15, -0.1) is 0 Å². The summed E-state index contributed by atoms with van der Waals surface area (Å²) in [5.74, 6) is 1.14. The molecular formula is C16H22N2O2. The lowest BCUT2D eigenvalue weighted by Crippen LogP contribution is -2.42. The topological polar surface area (TPSA) is 64.3 Å². The predicted octanol–water partition coefficient (Wildman–Crippen LogP) is 1.80. The van der Waals surface area contributed by atoms with Gasteiger partial charge < -0.3 is 15.8 Å². The molecule has 1 amide bonds. The van der Waals surface area contributed by atoms with Crippen LogP contribution in [0.4, 0.5) is 0 Å². The van der Waals surface area contributed by atoms with Gasteiger partial charge in [0.25, 0.3) is 0 Å². The largest absolute Gasteiger partial charge is 0.492 e. The Kier molecular flexibility index (Phi) is 3.92. The molecule has 1 saturated carbocycles. The molecule has 3 N–H and O–H groups in total. The van der Waals surface area contributed by atoms with E-state index in [9.17, 15) is 4.79 Å². The summed E-state index contributed by atoms with van der Waals surface area (Å²) >= 11 is 0. The molecule has 0 radical (unpaired) electrons. The molecule has 1 fully saturated rings. The highest BCUT2D eigenvalue weighted by Crippen LogP contribution is 2.33. The minimum absolute atomic E-state index is 0.0627. The van der Waals surface area contributed by atoms with Crippen LogP contribution < -0.4 is 15.8 Å². The number of ether oxygens (including phenoxy) is 1. The summed E-state index contributed by atoms with van der Waals surface area (Å²) in [6, 6.07) is 8.00. The third-order valence-electron chi connectivity index (χ3n) is 4.52.